The van der Waals surface area contributed by atoms with Crippen molar-refractivity contribution in [3.05, 3.63) is 81.2 Å². The maximum absolute atomic E-state index is 12.4. The second-order valence-corrected chi connectivity index (χ2v) is 7.19. The molecule has 0 N–H and O–H groups in total. The van der Waals surface area contributed by atoms with Crippen LogP contribution in [0.2, 0.25) is 5.02 Å². The fourth-order valence-corrected chi connectivity index (χ4v) is 3.96. The zero-order chi connectivity index (χ0) is 18.5. The Morgan fingerprint density at radius 1 is 1.00 bits per heavy atom. The van der Waals surface area contributed by atoms with Crippen molar-refractivity contribution in [2.45, 2.75) is 13.5 Å². The molecule has 0 saturated heterocycles. The number of halogens is 1. The predicted octanol–water partition coefficient (Wildman–Crippen LogP) is 5.26. The van der Waals surface area contributed by atoms with E-state index in [0.717, 1.165) is 33.3 Å². The van der Waals surface area contributed by atoms with Crippen molar-refractivity contribution in [1.82, 2.24) is 0 Å². The zero-order valence-corrected chi connectivity index (χ0v) is 15.4. The first-order valence-corrected chi connectivity index (χ1v) is 9.11. The molecule has 3 aromatic carbocycles. The van der Waals surface area contributed by atoms with Crippen LogP contribution >= 0.6 is 11.6 Å². The molecule has 0 unspecified atom stereocenters. The molecule has 1 aliphatic rings. The molecule has 4 nitrogen and oxygen atoms in total. The molecule has 1 aromatic heterocycles. The predicted molar refractivity (Wildman–Crippen MR) is 108 cm³/mol. The summed E-state index contributed by atoms with van der Waals surface area (Å²) in [5.41, 5.74) is 3.20. The first-order chi connectivity index (χ1) is 13.1. The van der Waals surface area contributed by atoms with Gasteiger partial charge in [-0.15, -0.1) is 0 Å². The lowest BCUT2D eigenvalue weighted by molar-refractivity contribution is 0.287. The summed E-state index contributed by atoms with van der Waals surface area (Å²) >= 11 is 6.14. The smallest absolute Gasteiger partial charge is 0.344 e. The fraction of sp³-hybridized carbons (Fsp3) is 0.136. The van der Waals surface area contributed by atoms with Crippen LogP contribution in [-0.4, -0.2) is 6.73 Å². The second-order valence-electron chi connectivity index (χ2n) is 6.75. The van der Waals surface area contributed by atoms with Gasteiger partial charge in [0.25, 0.3) is 0 Å². The van der Waals surface area contributed by atoms with Crippen LogP contribution in [0.25, 0.3) is 21.7 Å². The van der Waals surface area contributed by atoms with Crippen LogP contribution in [-0.2, 0) is 6.54 Å². The molecule has 0 atom stereocenters. The van der Waals surface area contributed by atoms with Crippen LogP contribution in [0.4, 0.5) is 5.69 Å². The molecule has 1 aliphatic heterocycles. The molecule has 134 valence electrons. The summed E-state index contributed by atoms with van der Waals surface area (Å²) in [5.74, 6) is 0.791. The molecular formula is C22H16ClNO3. The lowest BCUT2D eigenvalue weighted by Gasteiger charge is -2.32. The number of anilines is 1. The molecule has 0 spiro atoms. The van der Waals surface area contributed by atoms with Crippen molar-refractivity contribution in [2.24, 2.45) is 0 Å². The lowest BCUT2D eigenvalue weighted by atomic mass is 10.00. The summed E-state index contributed by atoms with van der Waals surface area (Å²) in [6, 6.07) is 17.3. The van der Waals surface area contributed by atoms with Gasteiger partial charge in [0.15, 0.2) is 6.73 Å². The number of ether oxygens (including phenoxy) is 1. The third-order valence-electron chi connectivity index (χ3n) is 5.07. The molecule has 5 heteroatoms. The van der Waals surface area contributed by atoms with Gasteiger partial charge in [-0.05, 0) is 42.6 Å². The van der Waals surface area contributed by atoms with E-state index < -0.39 is 0 Å². The summed E-state index contributed by atoms with van der Waals surface area (Å²) in [4.78, 5) is 14.5. The Balaban J connectivity index is 1.71. The Morgan fingerprint density at radius 3 is 2.63 bits per heavy atom. The molecule has 0 fully saturated rings. The summed E-state index contributed by atoms with van der Waals surface area (Å²) in [7, 11) is 0. The molecule has 5 rings (SSSR count). The van der Waals surface area contributed by atoms with E-state index in [2.05, 4.69) is 11.0 Å². The van der Waals surface area contributed by atoms with E-state index in [0.29, 0.717) is 29.3 Å². The number of aryl methyl sites for hydroxylation is 1. The Kier molecular flexibility index (Phi) is 3.62. The van der Waals surface area contributed by atoms with Crippen molar-refractivity contribution < 1.29 is 9.15 Å². The largest absolute Gasteiger partial charge is 0.472 e. The number of hydrogen-bond donors (Lipinski definition) is 0. The van der Waals surface area contributed by atoms with Crippen molar-refractivity contribution >= 4 is 39.0 Å². The maximum Gasteiger partial charge on any atom is 0.344 e. The van der Waals surface area contributed by atoms with Crippen LogP contribution in [0.1, 0.15) is 11.1 Å². The summed E-state index contributed by atoms with van der Waals surface area (Å²) < 4.78 is 11.7. The molecular weight excluding hydrogens is 362 g/mol. The molecule has 27 heavy (non-hydrogen) atoms. The van der Waals surface area contributed by atoms with Gasteiger partial charge in [0.1, 0.15) is 11.3 Å². The van der Waals surface area contributed by atoms with E-state index in [-0.39, 0.29) is 5.63 Å². The highest BCUT2D eigenvalue weighted by atomic mass is 35.5. The van der Waals surface area contributed by atoms with Crippen molar-refractivity contribution in [2.75, 3.05) is 11.6 Å². The highest BCUT2D eigenvalue weighted by Crippen LogP contribution is 2.38. The summed E-state index contributed by atoms with van der Waals surface area (Å²) in [6.45, 7) is 3.05. The van der Waals surface area contributed by atoms with E-state index in [1.807, 2.05) is 49.4 Å². The fourth-order valence-electron chi connectivity index (χ4n) is 3.78. The minimum Gasteiger partial charge on any atom is -0.472 e. The van der Waals surface area contributed by atoms with Crippen LogP contribution in [0.5, 0.6) is 5.75 Å². The third-order valence-corrected chi connectivity index (χ3v) is 5.30. The number of benzene rings is 3. The highest BCUT2D eigenvalue weighted by Gasteiger charge is 2.23. The minimum absolute atomic E-state index is 0.322. The first kappa shape index (κ1) is 16.2. The number of nitrogens with zero attached hydrogens (tertiary/aromatic N) is 1. The van der Waals surface area contributed by atoms with Gasteiger partial charge in [-0.1, -0.05) is 35.9 Å². The van der Waals surface area contributed by atoms with Gasteiger partial charge in [-0.2, -0.15) is 0 Å². The van der Waals surface area contributed by atoms with Gasteiger partial charge in [-0.25, -0.2) is 4.79 Å². The average molecular weight is 378 g/mol. The van der Waals surface area contributed by atoms with Crippen molar-refractivity contribution in [3.8, 4) is 5.75 Å². The third kappa shape index (κ3) is 2.56. The number of hydrogen-bond acceptors (Lipinski definition) is 4. The summed E-state index contributed by atoms with van der Waals surface area (Å²) in [6.07, 6.45) is 0. The van der Waals surface area contributed by atoms with E-state index in [9.17, 15) is 4.79 Å². The average Bonchev–Trinajstić information content (AvgIpc) is 2.69. The standard InChI is InChI=1S/C22H16ClNO3/c1-13-20-14(11-24(12-26-20)16-6-4-5-15(23)10-16)9-19-17-7-2-3-8-18(17)22(25)27-21(13)19/h2-10H,11-12H2,1H3. The minimum atomic E-state index is -0.322. The molecule has 0 amide bonds. The topological polar surface area (TPSA) is 42.7 Å². The zero-order valence-electron chi connectivity index (χ0n) is 14.7. The van der Waals surface area contributed by atoms with Gasteiger partial charge in [0, 0.05) is 33.8 Å². The van der Waals surface area contributed by atoms with Crippen LogP contribution in [0.15, 0.2) is 63.8 Å². The maximum atomic E-state index is 12.4. The van der Waals surface area contributed by atoms with Gasteiger partial charge in [0.05, 0.1) is 5.39 Å². The summed E-state index contributed by atoms with van der Waals surface area (Å²) in [5, 5.41) is 3.11. The Hall–Kier alpha value is -2.98. The SMILES string of the molecule is Cc1c2c(cc3c1oc(=O)c1ccccc13)CN(c1cccc(Cl)c1)CO2. The van der Waals surface area contributed by atoms with E-state index in [1.54, 1.807) is 6.07 Å². The van der Waals surface area contributed by atoms with Crippen LogP contribution < -0.4 is 15.3 Å². The lowest BCUT2D eigenvalue weighted by Crippen LogP contribution is -2.32. The molecule has 2 heterocycles. The first-order valence-electron chi connectivity index (χ1n) is 8.73. The van der Waals surface area contributed by atoms with Crippen molar-refractivity contribution in [1.29, 1.82) is 0 Å². The molecule has 4 aromatic rings. The molecule has 0 bridgehead atoms. The monoisotopic (exact) mass is 377 g/mol. The van der Waals surface area contributed by atoms with Gasteiger partial charge >= 0.3 is 5.63 Å². The van der Waals surface area contributed by atoms with Crippen LogP contribution in [0.3, 0.4) is 0 Å². The second kappa shape index (κ2) is 6.03. The van der Waals surface area contributed by atoms with E-state index in [1.165, 1.54) is 0 Å². The Morgan fingerprint density at radius 2 is 1.81 bits per heavy atom. The Bertz CT molecular complexity index is 1260. The van der Waals surface area contributed by atoms with Gasteiger partial charge in [0.2, 0.25) is 0 Å². The Labute approximate surface area is 160 Å². The molecule has 0 aliphatic carbocycles. The van der Waals surface area contributed by atoms with Crippen LogP contribution in [0, 0.1) is 6.92 Å². The number of fused-ring (bicyclic) bond motifs is 4. The van der Waals surface area contributed by atoms with Gasteiger partial charge < -0.3 is 14.1 Å². The highest BCUT2D eigenvalue weighted by molar-refractivity contribution is 6.30. The van der Waals surface area contributed by atoms with E-state index >= 15 is 0 Å². The van der Waals surface area contributed by atoms with E-state index in [4.69, 9.17) is 20.8 Å². The number of rotatable bonds is 1. The van der Waals surface area contributed by atoms with Crippen molar-refractivity contribution in [3.63, 3.8) is 0 Å². The molecule has 0 saturated carbocycles. The van der Waals surface area contributed by atoms with Gasteiger partial charge in [-0.3, -0.25) is 0 Å². The molecule has 0 radical (unpaired) electrons. The quantitative estimate of drug-likeness (QED) is 0.335. The normalized spacial score (nSPS) is 13.6.